The summed E-state index contributed by atoms with van der Waals surface area (Å²) in [5.74, 6) is -4.52. The minimum atomic E-state index is -1.56. The van der Waals surface area contributed by atoms with Crippen molar-refractivity contribution in [3.63, 3.8) is 0 Å². The van der Waals surface area contributed by atoms with Gasteiger partial charge in [-0.05, 0) is 19.9 Å². The van der Waals surface area contributed by atoms with Crippen LogP contribution in [0, 0.1) is 11.6 Å². The van der Waals surface area contributed by atoms with E-state index < -0.39 is 40.4 Å². The van der Waals surface area contributed by atoms with Crippen molar-refractivity contribution < 1.29 is 28.2 Å². The smallest absolute Gasteiger partial charge is 0.338 e. The molecule has 1 amide bonds. The number of nitrogens with one attached hydrogen (secondary N) is 1. The fraction of sp³-hybridized carbons (Fsp3) is 0.333. The number of halogens is 2. The second kappa shape index (κ2) is 5.31. The van der Waals surface area contributed by atoms with Crippen LogP contribution in [0.4, 0.5) is 14.5 Å². The quantitative estimate of drug-likeness (QED) is 0.880. The van der Waals surface area contributed by atoms with Crippen LogP contribution in [-0.2, 0) is 9.53 Å². The minimum Gasteiger partial charge on any atom is -0.478 e. The molecule has 0 aliphatic rings. The standard InChI is InChI=1S/C12H13F2NO4/c1-12(2,19-3)11(18)15-9-4-6(10(16)17)7(13)5-8(9)14/h4-5H,1-3H3,(H,15,18)(H,16,17). The number of hydrogen-bond donors (Lipinski definition) is 2. The van der Waals surface area contributed by atoms with Crippen molar-refractivity contribution in [3.8, 4) is 0 Å². The number of carboxylic acid groups (broad SMARTS) is 1. The van der Waals surface area contributed by atoms with Gasteiger partial charge in [0, 0.05) is 13.2 Å². The number of ether oxygens (including phenoxy) is 1. The Labute approximate surface area is 108 Å². The number of methoxy groups -OCH3 is 1. The van der Waals surface area contributed by atoms with Gasteiger partial charge in [-0.15, -0.1) is 0 Å². The minimum absolute atomic E-state index is 0.402. The van der Waals surface area contributed by atoms with Gasteiger partial charge in [-0.3, -0.25) is 4.79 Å². The largest absolute Gasteiger partial charge is 0.478 e. The summed E-state index contributed by atoms with van der Waals surface area (Å²) in [7, 11) is 1.29. The summed E-state index contributed by atoms with van der Waals surface area (Å²) in [6.45, 7) is 2.89. The molecule has 5 nitrogen and oxygen atoms in total. The van der Waals surface area contributed by atoms with Crippen molar-refractivity contribution in [3.05, 3.63) is 29.3 Å². The van der Waals surface area contributed by atoms with E-state index in [-0.39, 0.29) is 0 Å². The van der Waals surface area contributed by atoms with Crippen LogP contribution in [0.25, 0.3) is 0 Å². The first-order valence-corrected chi connectivity index (χ1v) is 5.28. The SMILES string of the molecule is COC(C)(C)C(=O)Nc1cc(C(=O)O)c(F)cc1F. The predicted octanol–water partition coefficient (Wildman–Crippen LogP) is 2.03. The van der Waals surface area contributed by atoms with Crippen molar-refractivity contribution in [2.24, 2.45) is 0 Å². The van der Waals surface area contributed by atoms with E-state index in [0.717, 1.165) is 6.07 Å². The van der Waals surface area contributed by atoms with E-state index in [9.17, 15) is 18.4 Å². The van der Waals surface area contributed by atoms with Crippen LogP contribution >= 0.6 is 0 Å². The van der Waals surface area contributed by atoms with Crippen LogP contribution in [0.2, 0.25) is 0 Å². The first-order valence-electron chi connectivity index (χ1n) is 5.28. The third-order valence-electron chi connectivity index (χ3n) is 2.59. The molecule has 0 aliphatic heterocycles. The maximum atomic E-state index is 13.5. The molecule has 0 fully saturated rings. The molecule has 0 aromatic heterocycles. The Morgan fingerprint density at radius 2 is 1.84 bits per heavy atom. The normalized spacial score (nSPS) is 11.2. The van der Waals surface area contributed by atoms with E-state index in [1.807, 2.05) is 0 Å². The van der Waals surface area contributed by atoms with Gasteiger partial charge in [0.1, 0.15) is 17.2 Å². The molecule has 0 saturated heterocycles. The molecular formula is C12H13F2NO4. The molecule has 1 aromatic carbocycles. The summed E-state index contributed by atoms with van der Waals surface area (Å²) in [6, 6.07) is 1.12. The Kier molecular flexibility index (Phi) is 4.21. The number of carboxylic acids is 1. The van der Waals surface area contributed by atoms with Gasteiger partial charge in [-0.2, -0.15) is 0 Å². The monoisotopic (exact) mass is 273 g/mol. The average Bonchev–Trinajstić information content (AvgIpc) is 2.31. The van der Waals surface area contributed by atoms with Gasteiger partial charge in [0.05, 0.1) is 11.3 Å². The zero-order valence-electron chi connectivity index (χ0n) is 10.6. The lowest BCUT2D eigenvalue weighted by Gasteiger charge is -2.22. The number of rotatable bonds is 4. The number of anilines is 1. The fourth-order valence-electron chi connectivity index (χ4n) is 1.17. The number of amides is 1. The molecule has 0 atom stereocenters. The number of benzene rings is 1. The molecular weight excluding hydrogens is 260 g/mol. The zero-order chi connectivity index (χ0) is 14.8. The van der Waals surface area contributed by atoms with Crippen molar-refractivity contribution in [1.82, 2.24) is 0 Å². The molecule has 104 valence electrons. The Bertz CT molecular complexity index is 529. The molecule has 0 saturated carbocycles. The summed E-state index contributed by atoms with van der Waals surface area (Å²) < 4.78 is 31.5. The van der Waals surface area contributed by atoms with Crippen LogP contribution in [0.15, 0.2) is 12.1 Å². The number of carbonyl (C=O) groups excluding carboxylic acids is 1. The summed E-state index contributed by atoms with van der Waals surface area (Å²) >= 11 is 0. The van der Waals surface area contributed by atoms with Crippen LogP contribution in [0.1, 0.15) is 24.2 Å². The molecule has 1 aromatic rings. The van der Waals surface area contributed by atoms with Gasteiger partial charge < -0.3 is 15.2 Å². The highest BCUT2D eigenvalue weighted by atomic mass is 19.1. The second-order valence-corrected chi connectivity index (χ2v) is 4.29. The number of aromatic carboxylic acids is 1. The van der Waals surface area contributed by atoms with E-state index in [2.05, 4.69) is 5.32 Å². The maximum Gasteiger partial charge on any atom is 0.338 e. The highest BCUT2D eigenvalue weighted by Crippen LogP contribution is 2.21. The maximum absolute atomic E-state index is 13.5. The number of carbonyl (C=O) groups is 2. The van der Waals surface area contributed by atoms with Gasteiger partial charge in [0.15, 0.2) is 0 Å². The van der Waals surface area contributed by atoms with Gasteiger partial charge in [-0.1, -0.05) is 0 Å². The highest BCUT2D eigenvalue weighted by molar-refractivity contribution is 5.98. The van der Waals surface area contributed by atoms with Crippen molar-refractivity contribution in [1.29, 1.82) is 0 Å². The van der Waals surface area contributed by atoms with Gasteiger partial charge in [-0.25, -0.2) is 13.6 Å². The van der Waals surface area contributed by atoms with Crippen molar-refractivity contribution in [2.45, 2.75) is 19.4 Å². The first-order chi connectivity index (χ1) is 8.69. The molecule has 1 rings (SSSR count). The Morgan fingerprint density at radius 3 is 2.32 bits per heavy atom. The second-order valence-electron chi connectivity index (χ2n) is 4.29. The third-order valence-corrected chi connectivity index (χ3v) is 2.59. The van der Waals surface area contributed by atoms with Crippen LogP contribution in [0.5, 0.6) is 0 Å². The Balaban J connectivity index is 3.12. The van der Waals surface area contributed by atoms with E-state index in [0.29, 0.717) is 6.07 Å². The van der Waals surface area contributed by atoms with E-state index >= 15 is 0 Å². The summed E-state index contributed by atoms with van der Waals surface area (Å²) in [6.07, 6.45) is 0. The molecule has 0 spiro atoms. The summed E-state index contributed by atoms with van der Waals surface area (Å²) in [4.78, 5) is 22.5. The van der Waals surface area contributed by atoms with E-state index in [1.165, 1.54) is 21.0 Å². The molecule has 0 heterocycles. The van der Waals surface area contributed by atoms with E-state index in [4.69, 9.17) is 9.84 Å². The van der Waals surface area contributed by atoms with Gasteiger partial charge >= 0.3 is 5.97 Å². The fourth-order valence-corrected chi connectivity index (χ4v) is 1.17. The molecule has 19 heavy (non-hydrogen) atoms. The Hall–Kier alpha value is -2.02. The first kappa shape index (κ1) is 15.0. The molecule has 0 unspecified atom stereocenters. The molecule has 0 aliphatic carbocycles. The lowest BCUT2D eigenvalue weighted by atomic mass is 10.1. The highest BCUT2D eigenvalue weighted by Gasteiger charge is 2.28. The topological polar surface area (TPSA) is 75.6 Å². The lowest BCUT2D eigenvalue weighted by Crippen LogP contribution is -2.39. The van der Waals surface area contributed by atoms with Crippen LogP contribution < -0.4 is 5.32 Å². The molecule has 7 heteroatoms. The van der Waals surface area contributed by atoms with Gasteiger partial charge in [0.25, 0.3) is 5.91 Å². The number of hydrogen-bond acceptors (Lipinski definition) is 3. The molecule has 0 bridgehead atoms. The van der Waals surface area contributed by atoms with Crippen LogP contribution in [-0.4, -0.2) is 29.7 Å². The van der Waals surface area contributed by atoms with Crippen molar-refractivity contribution in [2.75, 3.05) is 12.4 Å². The van der Waals surface area contributed by atoms with Gasteiger partial charge in [0.2, 0.25) is 0 Å². The predicted molar refractivity (Wildman–Crippen MR) is 63.0 cm³/mol. The average molecular weight is 273 g/mol. The lowest BCUT2D eigenvalue weighted by molar-refractivity contribution is -0.133. The van der Waals surface area contributed by atoms with E-state index in [1.54, 1.807) is 0 Å². The Morgan fingerprint density at radius 1 is 1.26 bits per heavy atom. The zero-order valence-corrected chi connectivity index (χ0v) is 10.6. The van der Waals surface area contributed by atoms with Crippen LogP contribution in [0.3, 0.4) is 0 Å². The molecule has 2 N–H and O–H groups in total. The third kappa shape index (κ3) is 3.25. The van der Waals surface area contributed by atoms with Crippen molar-refractivity contribution >= 4 is 17.6 Å². The summed E-state index contributed by atoms with van der Waals surface area (Å²) in [5.41, 5.74) is -2.38. The molecule has 0 radical (unpaired) electrons. The summed E-state index contributed by atoms with van der Waals surface area (Å²) in [5, 5.41) is 10.9.